The minimum absolute atomic E-state index is 0.103. The molecule has 3 nitrogen and oxygen atoms in total. The van der Waals surface area contributed by atoms with Crippen molar-refractivity contribution in [2.45, 2.75) is 24.8 Å². The van der Waals surface area contributed by atoms with Crippen molar-refractivity contribution in [3.8, 4) is 0 Å². The Morgan fingerprint density at radius 1 is 1.56 bits per heavy atom. The third-order valence-electron chi connectivity index (χ3n) is 2.91. The summed E-state index contributed by atoms with van der Waals surface area (Å²) >= 11 is 9.17. The average Bonchev–Trinajstić information content (AvgIpc) is 2.23. The standard InChI is InChI=1S/C11H12BrClN2O/c12-9-4-8(5-14-6-9)10(16)15-11(7-13)2-1-3-11/h4-6H,1-3,7H2,(H,15,16). The highest BCUT2D eigenvalue weighted by Crippen LogP contribution is 2.33. The smallest absolute Gasteiger partial charge is 0.253 e. The Hall–Kier alpha value is -0.610. The van der Waals surface area contributed by atoms with E-state index in [9.17, 15) is 4.79 Å². The van der Waals surface area contributed by atoms with E-state index < -0.39 is 0 Å². The fraction of sp³-hybridized carbons (Fsp3) is 0.455. The van der Waals surface area contributed by atoms with Gasteiger partial charge in [0.15, 0.2) is 0 Å². The van der Waals surface area contributed by atoms with Crippen molar-refractivity contribution in [2.24, 2.45) is 0 Å². The number of carbonyl (C=O) groups excluding carboxylic acids is 1. The van der Waals surface area contributed by atoms with Crippen LogP contribution >= 0.6 is 27.5 Å². The predicted molar refractivity (Wildman–Crippen MR) is 66.7 cm³/mol. The molecule has 1 fully saturated rings. The number of alkyl halides is 1. The minimum Gasteiger partial charge on any atom is -0.345 e. The Labute approximate surface area is 108 Å². The van der Waals surface area contributed by atoms with Gasteiger partial charge in [-0.1, -0.05) is 0 Å². The van der Waals surface area contributed by atoms with Gasteiger partial charge >= 0.3 is 0 Å². The number of hydrogen-bond acceptors (Lipinski definition) is 2. The van der Waals surface area contributed by atoms with Crippen LogP contribution in [0.5, 0.6) is 0 Å². The third-order valence-corrected chi connectivity index (χ3v) is 3.86. The number of carbonyl (C=O) groups is 1. The van der Waals surface area contributed by atoms with Gasteiger partial charge in [0, 0.05) is 22.7 Å². The Balaban J connectivity index is 2.08. The molecule has 0 unspecified atom stereocenters. The molecule has 0 bridgehead atoms. The zero-order valence-electron chi connectivity index (χ0n) is 8.67. The summed E-state index contributed by atoms with van der Waals surface area (Å²) in [6.45, 7) is 0. The van der Waals surface area contributed by atoms with Gasteiger partial charge in [-0.15, -0.1) is 11.6 Å². The number of nitrogens with zero attached hydrogens (tertiary/aromatic N) is 1. The van der Waals surface area contributed by atoms with Crippen molar-refractivity contribution < 1.29 is 4.79 Å². The number of aromatic nitrogens is 1. The highest BCUT2D eigenvalue weighted by Gasteiger charge is 2.37. The molecule has 1 N–H and O–H groups in total. The number of hydrogen-bond donors (Lipinski definition) is 1. The molecule has 1 saturated carbocycles. The maximum Gasteiger partial charge on any atom is 0.253 e. The quantitative estimate of drug-likeness (QED) is 0.873. The molecule has 86 valence electrons. The van der Waals surface area contributed by atoms with E-state index >= 15 is 0 Å². The van der Waals surface area contributed by atoms with Gasteiger partial charge in [0.1, 0.15) is 0 Å². The molecule has 1 aromatic rings. The zero-order valence-corrected chi connectivity index (χ0v) is 11.0. The molecule has 0 aromatic carbocycles. The summed E-state index contributed by atoms with van der Waals surface area (Å²) in [5.41, 5.74) is 0.367. The molecule has 16 heavy (non-hydrogen) atoms. The molecule has 0 saturated heterocycles. The molecule has 2 rings (SSSR count). The van der Waals surface area contributed by atoms with E-state index in [2.05, 4.69) is 26.2 Å². The molecule has 0 atom stereocenters. The van der Waals surface area contributed by atoms with E-state index in [-0.39, 0.29) is 11.4 Å². The lowest BCUT2D eigenvalue weighted by atomic mass is 9.78. The van der Waals surface area contributed by atoms with E-state index in [0.717, 1.165) is 23.7 Å². The monoisotopic (exact) mass is 302 g/mol. The Kier molecular flexibility index (Phi) is 3.50. The van der Waals surface area contributed by atoms with Gasteiger partial charge in [0.25, 0.3) is 5.91 Å². The van der Waals surface area contributed by atoms with Crippen LogP contribution in [-0.2, 0) is 0 Å². The van der Waals surface area contributed by atoms with Gasteiger partial charge < -0.3 is 5.32 Å². The van der Waals surface area contributed by atoms with Crippen LogP contribution in [0, 0.1) is 0 Å². The van der Waals surface area contributed by atoms with Crippen molar-refractivity contribution in [2.75, 3.05) is 5.88 Å². The lowest BCUT2D eigenvalue weighted by Crippen LogP contribution is -2.55. The molecular formula is C11H12BrClN2O. The first-order valence-corrected chi connectivity index (χ1v) is 6.47. The summed E-state index contributed by atoms with van der Waals surface area (Å²) < 4.78 is 0.800. The number of halogens is 2. The van der Waals surface area contributed by atoms with Crippen LogP contribution in [-0.4, -0.2) is 22.3 Å². The van der Waals surface area contributed by atoms with Gasteiger partial charge in [-0.05, 0) is 41.3 Å². The first kappa shape index (κ1) is 11.9. The second-order valence-corrected chi connectivity index (χ2v) is 5.30. The van der Waals surface area contributed by atoms with Crippen molar-refractivity contribution in [3.63, 3.8) is 0 Å². The van der Waals surface area contributed by atoms with E-state index in [1.807, 2.05) is 0 Å². The molecule has 0 spiro atoms. The number of amides is 1. The highest BCUT2D eigenvalue weighted by atomic mass is 79.9. The van der Waals surface area contributed by atoms with Crippen molar-refractivity contribution in [1.29, 1.82) is 0 Å². The van der Waals surface area contributed by atoms with Crippen LogP contribution < -0.4 is 5.32 Å². The van der Waals surface area contributed by atoms with Gasteiger partial charge in [0.05, 0.1) is 11.1 Å². The van der Waals surface area contributed by atoms with Gasteiger partial charge in [-0.3, -0.25) is 9.78 Å². The zero-order chi connectivity index (χ0) is 11.6. The molecule has 1 aliphatic carbocycles. The van der Waals surface area contributed by atoms with Crippen molar-refractivity contribution in [1.82, 2.24) is 10.3 Å². The molecule has 1 heterocycles. The Morgan fingerprint density at radius 2 is 2.31 bits per heavy atom. The molecule has 1 amide bonds. The van der Waals surface area contributed by atoms with Crippen LogP contribution in [0.3, 0.4) is 0 Å². The number of pyridine rings is 1. The summed E-state index contributed by atoms with van der Waals surface area (Å²) in [5.74, 6) is 0.370. The lowest BCUT2D eigenvalue weighted by molar-refractivity contribution is 0.0853. The van der Waals surface area contributed by atoms with Crippen LogP contribution in [0.25, 0.3) is 0 Å². The Morgan fingerprint density at radius 3 is 2.81 bits per heavy atom. The van der Waals surface area contributed by atoms with Gasteiger partial charge in [-0.2, -0.15) is 0 Å². The van der Waals surface area contributed by atoms with Crippen molar-refractivity contribution in [3.05, 3.63) is 28.5 Å². The van der Waals surface area contributed by atoms with E-state index in [1.165, 1.54) is 0 Å². The topological polar surface area (TPSA) is 42.0 Å². The van der Waals surface area contributed by atoms with E-state index in [0.29, 0.717) is 11.4 Å². The highest BCUT2D eigenvalue weighted by molar-refractivity contribution is 9.10. The molecule has 1 aliphatic rings. The lowest BCUT2D eigenvalue weighted by Gasteiger charge is -2.40. The van der Waals surface area contributed by atoms with Gasteiger partial charge in [0.2, 0.25) is 0 Å². The van der Waals surface area contributed by atoms with Crippen LogP contribution in [0.1, 0.15) is 29.6 Å². The summed E-state index contributed by atoms with van der Waals surface area (Å²) in [7, 11) is 0. The molecule has 0 radical (unpaired) electrons. The fourth-order valence-electron chi connectivity index (χ4n) is 1.74. The molecule has 1 aromatic heterocycles. The third kappa shape index (κ3) is 2.38. The predicted octanol–water partition coefficient (Wildman–Crippen LogP) is 2.74. The maximum atomic E-state index is 11.9. The first-order chi connectivity index (χ1) is 7.65. The SMILES string of the molecule is O=C(NC1(CCl)CCC1)c1cncc(Br)c1. The first-order valence-electron chi connectivity index (χ1n) is 5.14. The second kappa shape index (κ2) is 4.72. The van der Waals surface area contributed by atoms with E-state index in [1.54, 1.807) is 18.5 Å². The normalized spacial score (nSPS) is 17.6. The summed E-state index contributed by atoms with van der Waals surface area (Å²) in [6.07, 6.45) is 6.26. The summed E-state index contributed by atoms with van der Waals surface area (Å²) in [6, 6.07) is 1.75. The van der Waals surface area contributed by atoms with Gasteiger partial charge in [-0.25, -0.2) is 0 Å². The molecule has 0 aliphatic heterocycles. The summed E-state index contributed by atoms with van der Waals surface area (Å²) in [5, 5.41) is 2.99. The molecular weight excluding hydrogens is 291 g/mol. The summed E-state index contributed by atoms with van der Waals surface area (Å²) in [4.78, 5) is 15.9. The Bertz CT molecular complexity index is 401. The maximum absolute atomic E-state index is 11.9. The van der Waals surface area contributed by atoms with Crippen molar-refractivity contribution >= 4 is 33.4 Å². The number of nitrogens with one attached hydrogen (secondary N) is 1. The van der Waals surface area contributed by atoms with Crippen LogP contribution in [0.15, 0.2) is 22.9 Å². The number of rotatable bonds is 3. The fourth-order valence-corrected chi connectivity index (χ4v) is 2.44. The van der Waals surface area contributed by atoms with E-state index in [4.69, 9.17) is 11.6 Å². The van der Waals surface area contributed by atoms with Crippen LogP contribution in [0.2, 0.25) is 0 Å². The van der Waals surface area contributed by atoms with Crippen LogP contribution in [0.4, 0.5) is 0 Å². The molecule has 5 heteroatoms. The largest absolute Gasteiger partial charge is 0.345 e. The average molecular weight is 304 g/mol. The second-order valence-electron chi connectivity index (χ2n) is 4.11. The minimum atomic E-state index is -0.193.